The van der Waals surface area contributed by atoms with Crippen LogP contribution < -0.4 is 9.64 Å². The molecule has 2 aromatic carbocycles. The molecule has 166 valence electrons. The molecule has 4 rings (SSSR count). The zero-order valence-electron chi connectivity index (χ0n) is 18.1. The highest BCUT2D eigenvalue weighted by Gasteiger charge is 2.50. The van der Waals surface area contributed by atoms with Crippen molar-refractivity contribution in [3.63, 3.8) is 0 Å². The van der Waals surface area contributed by atoms with E-state index in [0.29, 0.717) is 35.8 Å². The van der Waals surface area contributed by atoms with E-state index in [1.54, 1.807) is 36.4 Å². The lowest BCUT2D eigenvalue weighted by molar-refractivity contribution is -0.122. The minimum atomic E-state index is -0.701. The van der Waals surface area contributed by atoms with Gasteiger partial charge in [-0.3, -0.25) is 19.3 Å². The van der Waals surface area contributed by atoms with Crippen LogP contribution >= 0.6 is 0 Å². The largest absolute Gasteiger partial charge is 0.497 e. The van der Waals surface area contributed by atoms with Gasteiger partial charge in [0, 0.05) is 5.56 Å². The first-order chi connectivity index (χ1) is 15.4. The lowest BCUT2D eigenvalue weighted by atomic mass is 9.76. The molecule has 0 N–H and O–H groups in total. The number of anilines is 1. The van der Waals surface area contributed by atoms with Crippen molar-refractivity contribution in [2.45, 2.75) is 26.2 Å². The third-order valence-electron chi connectivity index (χ3n) is 6.25. The Labute approximate surface area is 186 Å². The van der Waals surface area contributed by atoms with Crippen LogP contribution in [0.2, 0.25) is 0 Å². The quantitative estimate of drug-likeness (QED) is 0.391. The number of nitrogens with zero attached hydrogens (tertiary/aromatic N) is 1. The molecule has 2 aromatic rings. The maximum atomic E-state index is 12.9. The molecule has 2 aliphatic rings. The highest BCUT2D eigenvalue weighted by atomic mass is 16.5. The second-order valence-electron chi connectivity index (χ2n) is 8.42. The first-order valence-electron chi connectivity index (χ1n) is 10.7. The molecular weight excluding hydrogens is 410 g/mol. The normalized spacial score (nSPS) is 22.4. The van der Waals surface area contributed by atoms with Gasteiger partial charge in [-0.25, -0.2) is 4.79 Å². The van der Waals surface area contributed by atoms with Crippen LogP contribution in [0.25, 0.3) is 0 Å². The topological polar surface area (TPSA) is 90.0 Å². The minimum absolute atomic E-state index is 0.171. The lowest BCUT2D eigenvalue weighted by Crippen LogP contribution is -2.31. The van der Waals surface area contributed by atoms with Crippen molar-refractivity contribution in [1.29, 1.82) is 0 Å². The van der Waals surface area contributed by atoms with Crippen molar-refractivity contribution in [3.8, 4) is 5.75 Å². The Morgan fingerprint density at radius 1 is 0.969 bits per heavy atom. The predicted molar refractivity (Wildman–Crippen MR) is 117 cm³/mol. The molecule has 0 aromatic heterocycles. The van der Waals surface area contributed by atoms with Gasteiger partial charge in [0.15, 0.2) is 12.4 Å². The van der Waals surface area contributed by atoms with E-state index in [2.05, 4.69) is 6.92 Å². The number of ketones is 1. The summed E-state index contributed by atoms with van der Waals surface area (Å²) in [6.07, 6.45) is 2.35. The van der Waals surface area contributed by atoms with Gasteiger partial charge in [-0.05, 0) is 55.5 Å². The smallest absolute Gasteiger partial charge is 0.338 e. The molecule has 1 saturated heterocycles. The summed E-state index contributed by atoms with van der Waals surface area (Å²) in [6, 6.07) is 12.8. The lowest BCUT2D eigenvalue weighted by Gasteiger charge is -2.25. The number of benzene rings is 2. The number of methoxy groups -OCH3 is 1. The Morgan fingerprint density at radius 2 is 1.69 bits per heavy atom. The van der Waals surface area contributed by atoms with Crippen molar-refractivity contribution >= 4 is 29.3 Å². The van der Waals surface area contributed by atoms with Gasteiger partial charge in [0.05, 0.1) is 30.2 Å². The number of hydrogen-bond acceptors (Lipinski definition) is 6. The van der Waals surface area contributed by atoms with Crippen LogP contribution in [0.4, 0.5) is 5.69 Å². The molecule has 0 spiro atoms. The van der Waals surface area contributed by atoms with Gasteiger partial charge in [0.2, 0.25) is 11.8 Å². The molecule has 7 heteroatoms. The molecule has 1 heterocycles. The first kappa shape index (κ1) is 21.7. The van der Waals surface area contributed by atoms with Crippen LogP contribution in [0.1, 0.15) is 46.9 Å². The highest BCUT2D eigenvalue weighted by molar-refractivity contribution is 6.22. The summed E-state index contributed by atoms with van der Waals surface area (Å²) in [6.45, 7) is 1.67. The van der Waals surface area contributed by atoms with Gasteiger partial charge in [-0.15, -0.1) is 0 Å². The van der Waals surface area contributed by atoms with Gasteiger partial charge >= 0.3 is 5.97 Å². The number of amides is 2. The number of fused-ring (bicyclic) bond motifs is 1. The number of rotatable bonds is 6. The van der Waals surface area contributed by atoms with Crippen LogP contribution in [-0.4, -0.2) is 37.3 Å². The van der Waals surface area contributed by atoms with Gasteiger partial charge in [-0.2, -0.15) is 0 Å². The number of hydrogen-bond donors (Lipinski definition) is 0. The van der Waals surface area contributed by atoms with E-state index in [1.807, 2.05) is 0 Å². The second kappa shape index (κ2) is 8.94. The molecule has 2 fully saturated rings. The molecule has 3 atom stereocenters. The summed E-state index contributed by atoms with van der Waals surface area (Å²) in [4.78, 5) is 51.9. The summed E-state index contributed by atoms with van der Waals surface area (Å²) in [5.74, 6) is -1.10. The molecule has 32 heavy (non-hydrogen) atoms. The van der Waals surface area contributed by atoms with Crippen molar-refractivity contribution < 1.29 is 28.7 Å². The van der Waals surface area contributed by atoms with Gasteiger partial charge in [-0.1, -0.05) is 25.1 Å². The average molecular weight is 435 g/mol. The minimum Gasteiger partial charge on any atom is -0.497 e. The Bertz CT molecular complexity index is 1080. The van der Waals surface area contributed by atoms with Crippen molar-refractivity contribution in [1.82, 2.24) is 0 Å². The van der Waals surface area contributed by atoms with Crippen LogP contribution in [0.3, 0.4) is 0 Å². The number of Topliss-reactive ketones (excluding diaryl/α,β-unsaturated/α-hetero) is 1. The molecule has 3 unspecified atom stereocenters. The standard InChI is InChI=1S/C25H25NO6/c1-15-9-10-20-21(11-15)24(29)26(23(20)28)18-7-3-6-17(12-18)25(30)32-14-22(27)16-5-4-8-19(13-16)31-2/h3-8,12-13,15,20-21H,9-11,14H2,1-2H3. The Morgan fingerprint density at radius 3 is 2.47 bits per heavy atom. The Kier molecular flexibility index (Phi) is 6.08. The third-order valence-corrected chi connectivity index (χ3v) is 6.25. The molecule has 2 amide bonds. The van der Waals surface area contributed by atoms with E-state index in [9.17, 15) is 19.2 Å². The molecular formula is C25H25NO6. The van der Waals surface area contributed by atoms with Crippen molar-refractivity contribution in [2.75, 3.05) is 18.6 Å². The number of esters is 1. The van der Waals surface area contributed by atoms with Gasteiger partial charge < -0.3 is 9.47 Å². The van der Waals surface area contributed by atoms with Crippen LogP contribution in [0.5, 0.6) is 5.75 Å². The number of ether oxygens (including phenoxy) is 2. The van der Waals surface area contributed by atoms with Gasteiger partial charge in [0.25, 0.3) is 0 Å². The molecule has 1 aliphatic carbocycles. The van der Waals surface area contributed by atoms with Crippen LogP contribution in [0, 0.1) is 17.8 Å². The van der Waals surface area contributed by atoms with E-state index >= 15 is 0 Å². The van der Waals surface area contributed by atoms with E-state index in [-0.39, 0.29) is 35.0 Å². The second-order valence-corrected chi connectivity index (χ2v) is 8.42. The zero-order chi connectivity index (χ0) is 22.8. The van der Waals surface area contributed by atoms with E-state index in [1.165, 1.54) is 24.1 Å². The van der Waals surface area contributed by atoms with E-state index < -0.39 is 12.6 Å². The zero-order valence-corrected chi connectivity index (χ0v) is 18.1. The summed E-state index contributed by atoms with van der Waals surface area (Å²) in [5.41, 5.74) is 0.899. The summed E-state index contributed by atoms with van der Waals surface area (Å²) >= 11 is 0. The predicted octanol–water partition coefficient (Wildman–Crippen LogP) is 3.66. The fourth-order valence-electron chi connectivity index (χ4n) is 4.51. The fourth-order valence-corrected chi connectivity index (χ4v) is 4.51. The van der Waals surface area contributed by atoms with E-state index in [4.69, 9.17) is 9.47 Å². The maximum absolute atomic E-state index is 12.9. The fraction of sp³-hybridized carbons (Fsp3) is 0.360. The molecule has 0 bridgehead atoms. The Balaban J connectivity index is 1.46. The summed E-state index contributed by atoms with van der Waals surface area (Å²) in [5, 5.41) is 0. The number of imide groups is 1. The van der Waals surface area contributed by atoms with Crippen LogP contribution in [0.15, 0.2) is 48.5 Å². The van der Waals surface area contributed by atoms with Gasteiger partial charge in [0.1, 0.15) is 5.75 Å². The third kappa shape index (κ3) is 4.15. The molecule has 0 radical (unpaired) electrons. The molecule has 1 aliphatic heterocycles. The van der Waals surface area contributed by atoms with Crippen molar-refractivity contribution in [2.24, 2.45) is 17.8 Å². The summed E-state index contributed by atoms with van der Waals surface area (Å²) < 4.78 is 10.3. The highest BCUT2D eigenvalue weighted by Crippen LogP contribution is 2.42. The summed E-state index contributed by atoms with van der Waals surface area (Å²) in [7, 11) is 1.50. The first-order valence-corrected chi connectivity index (χ1v) is 10.7. The number of carbonyl (C=O) groups is 4. The van der Waals surface area contributed by atoms with Crippen molar-refractivity contribution in [3.05, 3.63) is 59.7 Å². The maximum Gasteiger partial charge on any atom is 0.338 e. The van der Waals surface area contributed by atoms with Crippen LogP contribution in [-0.2, 0) is 14.3 Å². The SMILES string of the molecule is COc1cccc(C(=O)COC(=O)c2cccc(N3C(=O)C4CCC(C)CC4C3=O)c2)c1. The average Bonchev–Trinajstić information content (AvgIpc) is 3.06. The Hall–Kier alpha value is -3.48. The molecule has 1 saturated carbocycles. The monoisotopic (exact) mass is 435 g/mol. The number of carbonyl (C=O) groups excluding carboxylic acids is 4. The molecule has 7 nitrogen and oxygen atoms in total. The van der Waals surface area contributed by atoms with E-state index in [0.717, 1.165) is 6.42 Å².